The molecule has 140 valence electrons. The van der Waals surface area contributed by atoms with Gasteiger partial charge in [-0.05, 0) is 24.6 Å². The molecule has 0 aliphatic rings. The van der Waals surface area contributed by atoms with Crippen molar-refractivity contribution in [3.63, 3.8) is 0 Å². The molecular weight excluding hydrogens is 360 g/mol. The van der Waals surface area contributed by atoms with Gasteiger partial charge < -0.3 is 5.73 Å². The van der Waals surface area contributed by atoms with Gasteiger partial charge in [-0.15, -0.1) is 0 Å². The van der Waals surface area contributed by atoms with E-state index in [-0.39, 0.29) is 5.91 Å². The maximum absolute atomic E-state index is 11.3. The summed E-state index contributed by atoms with van der Waals surface area (Å²) in [6, 6.07) is 19.9. The molecule has 2 aromatic carbocycles. The SMILES string of the molecule is Cc1nn(-c2ccccc2)c(Cl)c1CN(CCC(N)=O)Cc1ccccc1. The molecule has 5 nitrogen and oxygen atoms in total. The standard InChI is InChI=1S/C21H23ClN4O/c1-16-19(21(22)26(24-16)18-10-6-3-7-11-18)15-25(13-12-20(23)27)14-17-8-4-2-5-9-17/h2-11H,12-15H2,1H3,(H2,23,27). The van der Waals surface area contributed by atoms with Crippen LogP contribution in [0.1, 0.15) is 23.2 Å². The Balaban J connectivity index is 1.84. The summed E-state index contributed by atoms with van der Waals surface area (Å²) in [5.74, 6) is -0.309. The zero-order valence-electron chi connectivity index (χ0n) is 15.3. The molecule has 1 heterocycles. The van der Waals surface area contributed by atoms with Crippen molar-refractivity contribution in [1.29, 1.82) is 0 Å². The van der Waals surface area contributed by atoms with Crippen molar-refractivity contribution in [3.05, 3.63) is 82.6 Å². The lowest BCUT2D eigenvalue weighted by Crippen LogP contribution is -2.27. The highest BCUT2D eigenvalue weighted by molar-refractivity contribution is 6.30. The first-order valence-electron chi connectivity index (χ1n) is 8.88. The monoisotopic (exact) mass is 382 g/mol. The molecule has 0 aliphatic carbocycles. The Morgan fingerprint density at radius 1 is 1.07 bits per heavy atom. The highest BCUT2D eigenvalue weighted by Gasteiger charge is 2.18. The molecule has 0 spiro atoms. The summed E-state index contributed by atoms with van der Waals surface area (Å²) < 4.78 is 1.75. The van der Waals surface area contributed by atoms with E-state index >= 15 is 0 Å². The maximum atomic E-state index is 11.3. The van der Waals surface area contributed by atoms with E-state index in [0.717, 1.165) is 16.9 Å². The smallest absolute Gasteiger partial charge is 0.218 e. The number of aromatic nitrogens is 2. The van der Waals surface area contributed by atoms with Gasteiger partial charge in [-0.1, -0.05) is 60.1 Å². The molecule has 3 rings (SSSR count). The molecule has 2 N–H and O–H groups in total. The third-order valence-corrected chi connectivity index (χ3v) is 4.82. The number of aryl methyl sites for hydroxylation is 1. The number of benzene rings is 2. The minimum atomic E-state index is -0.309. The number of carbonyl (C=O) groups excluding carboxylic acids is 1. The van der Waals surface area contributed by atoms with Gasteiger partial charge in [-0.2, -0.15) is 5.10 Å². The topological polar surface area (TPSA) is 64.2 Å². The Labute approximate surface area is 164 Å². The van der Waals surface area contributed by atoms with E-state index in [1.807, 2.05) is 55.5 Å². The summed E-state index contributed by atoms with van der Waals surface area (Å²) in [6.45, 7) is 3.83. The van der Waals surface area contributed by atoms with Gasteiger partial charge in [0.1, 0.15) is 5.15 Å². The van der Waals surface area contributed by atoms with Crippen LogP contribution in [0.4, 0.5) is 0 Å². The van der Waals surface area contributed by atoms with Crippen molar-refractivity contribution in [1.82, 2.24) is 14.7 Å². The van der Waals surface area contributed by atoms with E-state index in [4.69, 9.17) is 17.3 Å². The Morgan fingerprint density at radius 3 is 2.33 bits per heavy atom. The average Bonchev–Trinajstić information content (AvgIpc) is 2.95. The molecule has 0 atom stereocenters. The highest BCUT2D eigenvalue weighted by atomic mass is 35.5. The maximum Gasteiger partial charge on any atom is 0.218 e. The van der Waals surface area contributed by atoms with Crippen LogP contribution in [0.5, 0.6) is 0 Å². The minimum Gasteiger partial charge on any atom is -0.370 e. The first-order chi connectivity index (χ1) is 13.0. The van der Waals surface area contributed by atoms with Gasteiger partial charge >= 0.3 is 0 Å². The Morgan fingerprint density at radius 2 is 1.70 bits per heavy atom. The molecule has 3 aromatic rings. The molecule has 0 radical (unpaired) electrons. The van der Waals surface area contributed by atoms with Gasteiger partial charge in [0.05, 0.1) is 11.4 Å². The fourth-order valence-corrected chi connectivity index (χ4v) is 3.33. The van der Waals surface area contributed by atoms with Crippen molar-refractivity contribution >= 4 is 17.5 Å². The molecule has 1 amide bonds. The van der Waals surface area contributed by atoms with Crippen LogP contribution in [0, 0.1) is 6.92 Å². The van der Waals surface area contributed by atoms with Gasteiger partial charge in [-0.25, -0.2) is 4.68 Å². The second kappa shape index (κ2) is 8.84. The molecule has 0 saturated heterocycles. The second-order valence-corrected chi connectivity index (χ2v) is 6.87. The van der Waals surface area contributed by atoms with Gasteiger partial charge in [0.15, 0.2) is 0 Å². The highest BCUT2D eigenvalue weighted by Crippen LogP contribution is 2.25. The fourth-order valence-electron chi connectivity index (χ4n) is 3.00. The third-order valence-electron chi connectivity index (χ3n) is 4.43. The predicted molar refractivity (Wildman–Crippen MR) is 108 cm³/mol. The zero-order valence-corrected chi connectivity index (χ0v) is 16.1. The van der Waals surface area contributed by atoms with E-state index in [1.165, 1.54) is 5.56 Å². The number of hydrogen-bond acceptors (Lipinski definition) is 3. The number of hydrogen-bond donors (Lipinski definition) is 1. The summed E-state index contributed by atoms with van der Waals surface area (Å²) >= 11 is 6.66. The van der Waals surface area contributed by atoms with Crippen molar-refractivity contribution in [3.8, 4) is 5.69 Å². The van der Waals surface area contributed by atoms with Crippen molar-refractivity contribution in [2.24, 2.45) is 5.73 Å². The number of primary amides is 1. The number of para-hydroxylation sites is 1. The van der Waals surface area contributed by atoms with E-state index < -0.39 is 0 Å². The van der Waals surface area contributed by atoms with Crippen LogP contribution in [0.2, 0.25) is 5.15 Å². The number of carbonyl (C=O) groups is 1. The molecule has 6 heteroatoms. The predicted octanol–water partition coefficient (Wildman–Crippen LogP) is 3.71. The minimum absolute atomic E-state index is 0.302. The lowest BCUT2D eigenvalue weighted by molar-refractivity contribution is -0.118. The Hall–Kier alpha value is -2.63. The van der Waals surface area contributed by atoms with Crippen LogP contribution in [-0.2, 0) is 17.9 Å². The Kier molecular flexibility index (Phi) is 6.27. The number of halogens is 1. The molecule has 0 unspecified atom stereocenters. The van der Waals surface area contributed by atoms with E-state index in [2.05, 4.69) is 22.1 Å². The molecular formula is C21H23ClN4O. The molecule has 0 fully saturated rings. The lowest BCUT2D eigenvalue weighted by Gasteiger charge is -2.22. The second-order valence-electron chi connectivity index (χ2n) is 6.51. The summed E-state index contributed by atoms with van der Waals surface area (Å²) in [4.78, 5) is 13.5. The van der Waals surface area contributed by atoms with E-state index in [0.29, 0.717) is 31.2 Å². The van der Waals surface area contributed by atoms with E-state index in [1.54, 1.807) is 4.68 Å². The van der Waals surface area contributed by atoms with Crippen LogP contribution in [0.15, 0.2) is 60.7 Å². The van der Waals surface area contributed by atoms with Crippen LogP contribution in [-0.4, -0.2) is 27.1 Å². The van der Waals surface area contributed by atoms with Gasteiger partial charge in [0.25, 0.3) is 0 Å². The summed E-state index contributed by atoms with van der Waals surface area (Å²) in [5, 5.41) is 5.20. The quantitative estimate of drug-likeness (QED) is 0.645. The van der Waals surface area contributed by atoms with Crippen molar-refractivity contribution in [2.75, 3.05) is 6.54 Å². The number of amides is 1. The first kappa shape index (κ1) is 19.1. The fraction of sp³-hybridized carbons (Fsp3) is 0.238. The van der Waals surface area contributed by atoms with Crippen LogP contribution >= 0.6 is 11.6 Å². The summed E-state index contributed by atoms with van der Waals surface area (Å²) in [7, 11) is 0. The lowest BCUT2D eigenvalue weighted by atomic mass is 10.1. The number of nitrogens with zero attached hydrogens (tertiary/aromatic N) is 3. The number of nitrogens with two attached hydrogens (primary N) is 1. The molecule has 27 heavy (non-hydrogen) atoms. The normalized spacial score (nSPS) is 11.1. The summed E-state index contributed by atoms with van der Waals surface area (Å²) in [6.07, 6.45) is 0.302. The molecule has 1 aromatic heterocycles. The van der Waals surface area contributed by atoms with Crippen LogP contribution < -0.4 is 5.73 Å². The first-order valence-corrected chi connectivity index (χ1v) is 9.26. The van der Waals surface area contributed by atoms with Gasteiger partial charge in [0.2, 0.25) is 5.91 Å². The van der Waals surface area contributed by atoms with Crippen LogP contribution in [0.3, 0.4) is 0 Å². The van der Waals surface area contributed by atoms with Crippen LogP contribution in [0.25, 0.3) is 5.69 Å². The molecule has 0 bridgehead atoms. The van der Waals surface area contributed by atoms with Gasteiger partial charge in [-0.3, -0.25) is 9.69 Å². The molecule has 0 saturated carbocycles. The Bertz CT molecular complexity index is 893. The summed E-state index contributed by atoms with van der Waals surface area (Å²) in [5.41, 5.74) is 9.29. The molecule has 0 aliphatic heterocycles. The largest absolute Gasteiger partial charge is 0.370 e. The van der Waals surface area contributed by atoms with Crippen molar-refractivity contribution in [2.45, 2.75) is 26.4 Å². The number of rotatable bonds is 8. The average molecular weight is 383 g/mol. The van der Waals surface area contributed by atoms with Crippen molar-refractivity contribution < 1.29 is 4.79 Å². The zero-order chi connectivity index (χ0) is 19.2. The van der Waals surface area contributed by atoms with Gasteiger partial charge in [0, 0.05) is 31.6 Å². The third kappa shape index (κ3) is 4.96. The van der Waals surface area contributed by atoms with E-state index in [9.17, 15) is 4.79 Å².